The molecule has 142 valence electrons. The summed E-state index contributed by atoms with van der Waals surface area (Å²) >= 11 is 0. The van der Waals surface area contributed by atoms with Crippen LogP contribution in [0.25, 0.3) is 0 Å². The zero-order chi connectivity index (χ0) is 17.3. The first-order chi connectivity index (χ1) is 12.3. The van der Waals surface area contributed by atoms with E-state index < -0.39 is 0 Å². The minimum atomic E-state index is 0. The third-order valence-corrected chi connectivity index (χ3v) is 4.62. The third kappa shape index (κ3) is 6.60. The summed E-state index contributed by atoms with van der Waals surface area (Å²) in [4.78, 5) is 10.9. The molecule has 3 rings (SSSR count). The van der Waals surface area contributed by atoms with Crippen molar-refractivity contribution in [1.29, 1.82) is 0 Å². The van der Waals surface area contributed by atoms with Gasteiger partial charge in [-0.05, 0) is 18.4 Å². The zero-order valence-corrected chi connectivity index (χ0v) is 17.7. The van der Waals surface area contributed by atoms with Crippen LogP contribution < -0.4 is 10.6 Å². The second-order valence-electron chi connectivity index (χ2n) is 6.48. The van der Waals surface area contributed by atoms with Crippen LogP contribution in [-0.2, 0) is 13.1 Å². The first-order valence-electron chi connectivity index (χ1n) is 9.02. The Bertz CT molecular complexity index is 635. The number of nitrogens with one attached hydrogen (secondary N) is 2. The molecule has 0 atom stereocenters. The fourth-order valence-electron chi connectivity index (χ4n) is 3.19. The molecule has 0 radical (unpaired) electrons. The van der Waals surface area contributed by atoms with Crippen molar-refractivity contribution in [3.8, 4) is 0 Å². The number of nitrogens with zero attached hydrogens (tertiary/aromatic N) is 4. The lowest BCUT2D eigenvalue weighted by Gasteiger charge is -2.33. The largest absolute Gasteiger partial charge is 0.355 e. The molecule has 0 bridgehead atoms. The Morgan fingerprint density at radius 2 is 2.00 bits per heavy atom. The molecule has 0 unspecified atom stereocenters. The van der Waals surface area contributed by atoms with E-state index in [-0.39, 0.29) is 24.0 Å². The maximum atomic E-state index is 4.34. The number of aliphatic imine (C=N–C) groups is 1. The van der Waals surface area contributed by atoms with E-state index in [1.165, 1.54) is 5.56 Å². The predicted octanol–water partition coefficient (Wildman–Crippen LogP) is 2.33. The van der Waals surface area contributed by atoms with Gasteiger partial charge < -0.3 is 15.2 Å². The van der Waals surface area contributed by atoms with Crippen LogP contribution in [0.2, 0.25) is 0 Å². The second kappa shape index (κ2) is 11.2. The number of benzene rings is 1. The zero-order valence-electron chi connectivity index (χ0n) is 15.3. The summed E-state index contributed by atoms with van der Waals surface area (Å²) in [6.45, 7) is 5.02. The molecule has 6 nitrogen and oxygen atoms in total. The molecular weight excluding hydrogens is 439 g/mol. The number of hydrogen-bond donors (Lipinski definition) is 2. The average molecular weight is 468 g/mol. The molecule has 1 fully saturated rings. The average Bonchev–Trinajstić information content (AvgIpc) is 3.17. The van der Waals surface area contributed by atoms with Gasteiger partial charge in [-0.25, -0.2) is 4.98 Å². The first kappa shape index (κ1) is 20.7. The first-order valence-corrected chi connectivity index (χ1v) is 9.02. The summed E-state index contributed by atoms with van der Waals surface area (Å²) in [7, 11) is 1.83. The van der Waals surface area contributed by atoms with Crippen molar-refractivity contribution in [1.82, 2.24) is 25.1 Å². The molecule has 1 aliphatic rings. The molecule has 2 N–H and O–H groups in total. The summed E-state index contributed by atoms with van der Waals surface area (Å²) in [5.41, 5.74) is 1.39. The molecule has 2 heterocycles. The minimum Gasteiger partial charge on any atom is -0.355 e. The number of imidazole rings is 1. The molecule has 1 aliphatic heterocycles. The Kier molecular flexibility index (Phi) is 8.90. The van der Waals surface area contributed by atoms with E-state index in [4.69, 9.17) is 0 Å². The van der Waals surface area contributed by atoms with Crippen LogP contribution in [0.5, 0.6) is 0 Å². The number of rotatable bonds is 6. The highest BCUT2D eigenvalue weighted by atomic mass is 127. The van der Waals surface area contributed by atoms with Crippen molar-refractivity contribution in [2.75, 3.05) is 26.7 Å². The number of aromatic nitrogens is 2. The van der Waals surface area contributed by atoms with E-state index in [2.05, 4.69) is 60.4 Å². The van der Waals surface area contributed by atoms with Crippen LogP contribution >= 0.6 is 24.0 Å². The molecular formula is C19H29IN6. The number of halogens is 1. The van der Waals surface area contributed by atoms with Gasteiger partial charge in [0.1, 0.15) is 0 Å². The normalized spacial score (nSPS) is 16.1. The summed E-state index contributed by atoms with van der Waals surface area (Å²) in [5.74, 6) is 0.890. The van der Waals surface area contributed by atoms with Gasteiger partial charge in [0.15, 0.2) is 5.96 Å². The molecule has 2 aromatic rings. The molecule has 0 aliphatic carbocycles. The summed E-state index contributed by atoms with van der Waals surface area (Å²) in [5, 5.41) is 6.94. The Balaban J connectivity index is 0.00000243. The van der Waals surface area contributed by atoms with E-state index >= 15 is 0 Å². The van der Waals surface area contributed by atoms with Gasteiger partial charge in [-0.1, -0.05) is 30.3 Å². The molecule has 0 amide bonds. The van der Waals surface area contributed by atoms with Gasteiger partial charge in [0.05, 0.1) is 6.33 Å². The van der Waals surface area contributed by atoms with Crippen molar-refractivity contribution in [3.63, 3.8) is 0 Å². The van der Waals surface area contributed by atoms with Gasteiger partial charge in [-0.3, -0.25) is 9.89 Å². The van der Waals surface area contributed by atoms with Crippen molar-refractivity contribution in [3.05, 3.63) is 54.6 Å². The van der Waals surface area contributed by atoms with Gasteiger partial charge in [0.25, 0.3) is 0 Å². The smallest absolute Gasteiger partial charge is 0.191 e. The number of guanidine groups is 1. The van der Waals surface area contributed by atoms with Gasteiger partial charge in [0.2, 0.25) is 0 Å². The van der Waals surface area contributed by atoms with Gasteiger partial charge in [-0.15, -0.1) is 24.0 Å². The highest BCUT2D eigenvalue weighted by Gasteiger charge is 2.19. The van der Waals surface area contributed by atoms with Gasteiger partial charge in [-0.2, -0.15) is 0 Å². The molecule has 0 spiro atoms. The third-order valence-electron chi connectivity index (χ3n) is 4.62. The molecule has 1 aromatic heterocycles. The summed E-state index contributed by atoms with van der Waals surface area (Å²) < 4.78 is 2.06. The SMILES string of the molecule is CN=C(NCCn1ccnc1)NC1CCN(Cc2ccccc2)CC1.I. The maximum Gasteiger partial charge on any atom is 0.191 e. The van der Waals surface area contributed by atoms with E-state index in [0.717, 1.165) is 51.5 Å². The van der Waals surface area contributed by atoms with E-state index in [0.29, 0.717) is 6.04 Å². The van der Waals surface area contributed by atoms with Crippen LogP contribution in [-0.4, -0.2) is 53.1 Å². The highest BCUT2D eigenvalue weighted by Crippen LogP contribution is 2.13. The Labute approximate surface area is 173 Å². The van der Waals surface area contributed by atoms with Crippen molar-refractivity contribution in [2.45, 2.75) is 32.0 Å². The molecule has 0 saturated carbocycles. The fraction of sp³-hybridized carbons (Fsp3) is 0.474. The highest BCUT2D eigenvalue weighted by molar-refractivity contribution is 14.0. The number of likely N-dealkylation sites (tertiary alicyclic amines) is 1. The van der Waals surface area contributed by atoms with E-state index in [9.17, 15) is 0 Å². The lowest BCUT2D eigenvalue weighted by molar-refractivity contribution is 0.198. The molecule has 26 heavy (non-hydrogen) atoms. The Morgan fingerprint density at radius 1 is 1.23 bits per heavy atom. The predicted molar refractivity (Wildman–Crippen MR) is 117 cm³/mol. The lowest BCUT2D eigenvalue weighted by Crippen LogP contribution is -2.48. The Hall–Kier alpha value is -1.61. The van der Waals surface area contributed by atoms with Crippen molar-refractivity contribution >= 4 is 29.9 Å². The number of hydrogen-bond acceptors (Lipinski definition) is 3. The molecule has 1 saturated heterocycles. The quantitative estimate of drug-likeness (QED) is 0.388. The minimum absolute atomic E-state index is 0. The van der Waals surface area contributed by atoms with Gasteiger partial charge >= 0.3 is 0 Å². The van der Waals surface area contributed by atoms with E-state index in [1.807, 2.05) is 19.6 Å². The molecule has 7 heteroatoms. The van der Waals surface area contributed by atoms with E-state index in [1.54, 1.807) is 6.20 Å². The lowest BCUT2D eigenvalue weighted by atomic mass is 10.0. The second-order valence-corrected chi connectivity index (χ2v) is 6.48. The number of piperidine rings is 1. The maximum absolute atomic E-state index is 4.34. The van der Waals surface area contributed by atoms with Crippen LogP contribution in [0.15, 0.2) is 54.0 Å². The Morgan fingerprint density at radius 3 is 2.65 bits per heavy atom. The topological polar surface area (TPSA) is 57.5 Å². The van der Waals surface area contributed by atoms with Crippen molar-refractivity contribution in [2.24, 2.45) is 4.99 Å². The van der Waals surface area contributed by atoms with Crippen LogP contribution in [0, 0.1) is 0 Å². The van der Waals surface area contributed by atoms with Crippen molar-refractivity contribution < 1.29 is 0 Å². The summed E-state index contributed by atoms with van der Waals surface area (Å²) in [6, 6.07) is 11.2. The van der Waals surface area contributed by atoms with Crippen LogP contribution in [0.1, 0.15) is 18.4 Å². The molecule has 1 aromatic carbocycles. The van der Waals surface area contributed by atoms with Crippen LogP contribution in [0.4, 0.5) is 0 Å². The fourth-order valence-corrected chi connectivity index (χ4v) is 3.19. The van der Waals surface area contributed by atoms with Crippen LogP contribution in [0.3, 0.4) is 0 Å². The summed E-state index contributed by atoms with van der Waals surface area (Å²) in [6.07, 6.45) is 7.90. The standard InChI is InChI=1S/C19H28N6.HI/c1-20-19(22-10-14-25-13-9-21-16-25)23-18-7-11-24(12-8-18)15-17-5-3-2-4-6-17;/h2-6,9,13,16,18H,7-8,10-12,14-15H2,1H3,(H2,20,22,23);1H. The van der Waals surface area contributed by atoms with Gasteiger partial charge in [0, 0.05) is 58.2 Å². The monoisotopic (exact) mass is 468 g/mol.